The van der Waals surface area contributed by atoms with Gasteiger partial charge in [0.15, 0.2) is 5.11 Å². The second-order valence-corrected chi connectivity index (χ2v) is 11.3. The molecule has 0 radical (unpaired) electrons. The normalized spacial score (nSPS) is 28.9. The molecule has 3 unspecified atom stereocenters. The van der Waals surface area contributed by atoms with Crippen LogP contribution in [0, 0.1) is 0 Å². The number of imide groups is 1. The van der Waals surface area contributed by atoms with Crippen molar-refractivity contribution in [3.63, 3.8) is 0 Å². The lowest BCUT2D eigenvalue weighted by molar-refractivity contribution is -0.133. The third-order valence-corrected chi connectivity index (χ3v) is 10.1. The van der Waals surface area contributed by atoms with Gasteiger partial charge in [0.1, 0.15) is 16.1 Å². The highest BCUT2D eigenvalue weighted by atomic mass is 32.1. The topological polar surface area (TPSA) is 87.7 Å². The van der Waals surface area contributed by atoms with Gasteiger partial charge in [0.2, 0.25) is 0 Å². The lowest BCUT2D eigenvalue weighted by Gasteiger charge is -2.28. The number of hydrogen-bond acceptors (Lipinski definition) is 6. The molecular weight excluding hydrogens is 536 g/mol. The van der Waals surface area contributed by atoms with Gasteiger partial charge in [0.25, 0.3) is 11.8 Å². The van der Waals surface area contributed by atoms with Gasteiger partial charge in [0.05, 0.1) is 5.54 Å². The van der Waals surface area contributed by atoms with Gasteiger partial charge in [-0.3, -0.25) is 24.3 Å². The van der Waals surface area contributed by atoms with E-state index < -0.39 is 11.1 Å². The van der Waals surface area contributed by atoms with Crippen molar-refractivity contribution in [2.24, 2.45) is 0 Å². The average Bonchev–Trinajstić information content (AvgIpc) is 3.30. The van der Waals surface area contributed by atoms with Gasteiger partial charge in [-0.25, -0.2) is 9.59 Å². The number of carbonyl (C=O) groups excluding carboxylic acids is 4. The molecule has 3 saturated heterocycles. The molecule has 0 aromatic rings. The summed E-state index contributed by atoms with van der Waals surface area (Å²) in [7, 11) is 5.38. The third-order valence-electron chi connectivity index (χ3n) is 8.91. The van der Waals surface area contributed by atoms with Crippen molar-refractivity contribution in [3.8, 4) is 0 Å². The number of amides is 6. The van der Waals surface area contributed by atoms with Crippen LogP contribution >= 0.6 is 24.4 Å². The van der Waals surface area contributed by atoms with Crippen molar-refractivity contribution in [1.29, 1.82) is 0 Å². The monoisotopic (exact) mass is 584 g/mol. The van der Waals surface area contributed by atoms with E-state index in [1.165, 1.54) is 9.80 Å². The van der Waals surface area contributed by atoms with E-state index in [0.29, 0.717) is 31.2 Å². The Balaban J connectivity index is 0.000000292. The van der Waals surface area contributed by atoms with Crippen molar-refractivity contribution < 1.29 is 19.2 Å². The van der Waals surface area contributed by atoms with Crippen LogP contribution in [0.5, 0.6) is 0 Å². The maximum Gasteiger partial charge on any atom is 0.327 e. The molecule has 0 aliphatic carbocycles. The fourth-order valence-electron chi connectivity index (χ4n) is 4.74. The van der Waals surface area contributed by atoms with E-state index >= 15 is 0 Å². The largest absolute Gasteiger partial charge is 0.337 e. The van der Waals surface area contributed by atoms with Crippen LogP contribution in [0.1, 0.15) is 81.6 Å². The molecule has 10 nitrogen and oxygen atoms in total. The number of nitrogens with zero attached hydrogens (tertiary/aromatic N) is 6. The summed E-state index contributed by atoms with van der Waals surface area (Å²) in [6.45, 7) is 19.2. The fourth-order valence-corrected chi connectivity index (χ4v) is 5.64. The highest BCUT2D eigenvalue weighted by molar-refractivity contribution is 7.80. The molecule has 3 aliphatic rings. The summed E-state index contributed by atoms with van der Waals surface area (Å²) in [5.74, 6) is 0.0509. The molecular formula is C27H48N6O4S2. The first kappa shape index (κ1) is 34.7. The summed E-state index contributed by atoms with van der Waals surface area (Å²) in [4.78, 5) is 57.5. The average molecular weight is 585 g/mol. The van der Waals surface area contributed by atoms with Crippen molar-refractivity contribution in [2.45, 2.75) is 98.2 Å². The Morgan fingerprint density at radius 1 is 0.538 bits per heavy atom. The number of rotatable bonds is 6. The second kappa shape index (κ2) is 12.9. The third kappa shape index (κ3) is 5.64. The number of urea groups is 2. The van der Waals surface area contributed by atoms with Crippen LogP contribution in [0.15, 0.2) is 0 Å². The minimum Gasteiger partial charge on any atom is -0.337 e. The van der Waals surface area contributed by atoms with Gasteiger partial charge in [-0.15, -0.1) is 0 Å². The zero-order valence-corrected chi connectivity index (χ0v) is 27.5. The fraction of sp³-hybridized carbons (Fsp3) is 0.778. The van der Waals surface area contributed by atoms with Gasteiger partial charge in [0, 0.05) is 40.8 Å². The van der Waals surface area contributed by atoms with Crippen LogP contribution < -0.4 is 0 Å². The predicted octanol–water partition coefficient (Wildman–Crippen LogP) is 4.17. The maximum absolute atomic E-state index is 11.9. The van der Waals surface area contributed by atoms with Crippen LogP contribution in [0.4, 0.5) is 9.59 Å². The predicted molar refractivity (Wildman–Crippen MR) is 163 cm³/mol. The molecule has 3 atom stereocenters. The van der Waals surface area contributed by atoms with Crippen molar-refractivity contribution in [1.82, 2.24) is 29.4 Å². The summed E-state index contributed by atoms with van der Waals surface area (Å²) in [5, 5.41) is 0.650. The summed E-state index contributed by atoms with van der Waals surface area (Å²) in [6.07, 6.45) is 2.31. The molecule has 12 heteroatoms. The zero-order valence-electron chi connectivity index (χ0n) is 25.9. The van der Waals surface area contributed by atoms with E-state index in [2.05, 4.69) is 6.92 Å². The van der Waals surface area contributed by atoms with Gasteiger partial charge < -0.3 is 14.7 Å². The number of thiocarbonyl (C=S) groups is 2. The molecule has 0 saturated carbocycles. The van der Waals surface area contributed by atoms with Gasteiger partial charge in [-0.05, 0) is 73.0 Å². The van der Waals surface area contributed by atoms with E-state index in [1.54, 1.807) is 21.7 Å². The Kier molecular flexibility index (Phi) is 11.5. The second-order valence-electron chi connectivity index (χ2n) is 10.6. The molecule has 0 aromatic carbocycles. The molecule has 6 amide bonds. The lowest BCUT2D eigenvalue weighted by atomic mass is 9.98. The van der Waals surface area contributed by atoms with Crippen LogP contribution in [0.3, 0.4) is 0 Å². The van der Waals surface area contributed by atoms with Gasteiger partial charge >= 0.3 is 12.1 Å². The van der Waals surface area contributed by atoms with E-state index in [0.717, 1.165) is 17.8 Å². The first-order valence-corrected chi connectivity index (χ1v) is 14.6. The first-order chi connectivity index (χ1) is 18.0. The molecule has 0 aromatic heterocycles. The summed E-state index contributed by atoms with van der Waals surface area (Å²) >= 11 is 10.5. The number of likely N-dealkylation sites (N-methyl/N-ethyl adjacent to an activating group) is 6. The molecule has 3 fully saturated rings. The van der Waals surface area contributed by atoms with E-state index in [-0.39, 0.29) is 29.4 Å². The van der Waals surface area contributed by atoms with Crippen LogP contribution in [0.2, 0.25) is 0 Å². The summed E-state index contributed by atoms with van der Waals surface area (Å²) in [6, 6.07) is -0.159. The van der Waals surface area contributed by atoms with E-state index in [9.17, 15) is 19.2 Å². The Morgan fingerprint density at radius 3 is 1.10 bits per heavy atom. The first-order valence-electron chi connectivity index (χ1n) is 13.8. The Bertz CT molecular complexity index is 885. The molecule has 222 valence electrons. The van der Waals surface area contributed by atoms with Crippen molar-refractivity contribution in [3.05, 3.63) is 0 Å². The maximum atomic E-state index is 11.9. The number of carbonyl (C=O) groups is 4. The van der Waals surface area contributed by atoms with E-state index in [1.807, 2.05) is 74.4 Å². The van der Waals surface area contributed by atoms with Crippen molar-refractivity contribution in [2.75, 3.05) is 40.8 Å². The van der Waals surface area contributed by atoms with Crippen LogP contribution in [-0.4, -0.2) is 121 Å². The summed E-state index contributed by atoms with van der Waals surface area (Å²) in [5.41, 5.74) is -1.32. The van der Waals surface area contributed by atoms with Crippen LogP contribution in [-0.2, 0) is 9.59 Å². The minimum absolute atomic E-state index is 0.0249. The quantitative estimate of drug-likeness (QED) is 0.342. The van der Waals surface area contributed by atoms with Crippen molar-refractivity contribution >= 4 is 58.4 Å². The number of hydrogen-bond donors (Lipinski definition) is 0. The molecule has 3 heterocycles. The molecule has 0 spiro atoms. The zero-order chi connectivity index (χ0) is 30.7. The van der Waals surface area contributed by atoms with Crippen LogP contribution in [0.25, 0.3) is 0 Å². The standard InChI is InChI=1S/C9H16N2O2.2C9H16N2OS/c1-5-9(3)7(12)11(6-2)8(13)10(9)4;1-5-9(3)7(13)11(6-2)8(12)10(9)4;1-5-9(3)7(12)11(6-2)8(13)10(9)4/h3*5-6H2,1-4H3. The van der Waals surface area contributed by atoms with Gasteiger partial charge in [-0.1, -0.05) is 33.0 Å². The Labute approximate surface area is 245 Å². The molecule has 39 heavy (non-hydrogen) atoms. The minimum atomic E-state index is -0.632. The molecule has 3 aliphatic heterocycles. The molecule has 0 bridgehead atoms. The molecule has 0 N–H and O–H groups in total. The van der Waals surface area contributed by atoms with Gasteiger partial charge in [-0.2, -0.15) is 0 Å². The lowest BCUT2D eigenvalue weighted by Crippen LogP contribution is -2.44. The SMILES string of the molecule is CCN1C(=O)C(C)(CC)N(C)C1=S.CCN1C(=O)N(C)C(C)(CC)C1=O.CCN1C(=O)N(C)C(C)(CC)C1=S. The van der Waals surface area contributed by atoms with E-state index in [4.69, 9.17) is 24.4 Å². The summed E-state index contributed by atoms with van der Waals surface area (Å²) < 4.78 is 0. The molecule has 3 rings (SSSR count). The highest BCUT2D eigenvalue weighted by Gasteiger charge is 2.51. The Hall–Kier alpha value is -2.34. The smallest absolute Gasteiger partial charge is 0.327 e. The highest BCUT2D eigenvalue weighted by Crippen LogP contribution is 2.31. The Morgan fingerprint density at radius 2 is 0.872 bits per heavy atom.